The van der Waals surface area contributed by atoms with Crippen LogP contribution in [-0.4, -0.2) is 164 Å². The number of rotatable bonds is 11. The van der Waals surface area contributed by atoms with Crippen molar-refractivity contribution < 1.29 is 32.8 Å². The number of likely N-dealkylation sites (tertiary alicyclic amines) is 1. The number of hydrogen-bond donors (Lipinski definition) is 3. The molecule has 72 heavy (non-hydrogen) atoms. The SMILES string of the molecule is CC1=C(C(=O)Nc2ccc3[nH]nc(-c4ccnc(N5CCN(CC(F)(F)C6CCN(CC7CCN(c8ccc9c(c8)C(=O)N(C8CCC(=O)NC8=O)C9=O)CC7)CC6)CC5)c4)c3c2)C(C)n2nnnc2N1C. The molecule has 6 aliphatic rings. The van der Waals surface area contributed by atoms with Crippen LogP contribution in [0.25, 0.3) is 22.2 Å². The first-order chi connectivity index (χ1) is 34.7. The van der Waals surface area contributed by atoms with E-state index in [0.717, 1.165) is 71.0 Å². The highest BCUT2D eigenvalue weighted by molar-refractivity contribution is 6.23. The van der Waals surface area contributed by atoms with Crippen LogP contribution in [-0.2, 0) is 14.4 Å². The highest BCUT2D eigenvalue weighted by Gasteiger charge is 2.46. The average Bonchev–Trinajstić information content (AvgIpc) is 4.11. The third-order valence-electron chi connectivity index (χ3n) is 15.8. The molecule has 4 saturated heterocycles. The molecule has 4 fully saturated rings. The number of allylic oxidation sites excluding steroid dienone is 1. The summed E-state index contributed by atoms with van der Waals surface area (Å²) >= 11 is 0. The second-order valence-electron chi connectivity index (χ2n) is 20.1. The Morgan fingerprint density at radius 3 is 2.38 bits per heavy atom. The minimum atomic E-state index is -2.81. The summed E-state index contributed by atoms with van der Waals surface area (Å²) in [5.41, 5.74) is 5.63. The van der Waals surface area contributed by atoms with Crippen molar-refractivity contribution in [3.05, 3.63) is 77.1 Å². The Kier molecular flexibility index (Phi) is 12.3. The lowest BCUT2D eigenvalue weighted by Gasteiger charge is -2.42. The minimum Gasteiger partial charge on any atom is -0.371 e. The van der Waals surface area contributed by atoms with Gasteiger partial charge in [0.05, 0.1) is 34.8 Å². The number of tetrazole rings is 1. The third kappa shape index (κ3) is 8.73. The molecule has 3 aromatic heterocycles. The maximum atomic E-state index is 16.0. The summed E-state index contributed by atoms with van der Waals surface area (Å²) in [6.45, 7) is 9.27. The van der Waals surface area contributed by atoms with Gasteiger partial charge in [0.1, 0.15) is 17.6 Å². The molecule has 5 amide bonds. The number of piperidine rings is 3. The number of pyridine rings is 1. The molecule has 11 rings (SSSR count). The summed E-state index contributed by atoms with van der Waals surface area (Å²) in [6.07, 6.45) is 4.65. The maximum Gasteiger partial charge on any atom is 0.263 e. The molecule has 20 nitrogen and oxygen atoms in total. The van der Waals surface area contributed by atoms with E-state index in [1.807, 2.05) is 62.2 Å². The number of nitrogens with one attached hydrogen (secondary N) is 3. The van der Waals surface area contributed by atoms with E-state index in [0.29, 0.717) is 80.9 Å². The van der Waals surface area contributed by atoms with Gasteiger partial charge in [-0.15, -0.1) is 0 Å². The molecular formula is C50H57F2N15O5. The van der Waals surface area contributed by atoms with Crippen LogP contribution in [0.5, 0.6) is 0 Å². The van der Waals surface area contributed by atoms with Crippen LogP contribution in [0.1, 0.15) is 79.1 Å². The molecular weight excluding hydrogens is 929 g/mol. The summed E-state index contributed by atoms with van der Waals surface area (Å²) in [6, 6.07) is 13.3. The predicted octanol–water partition coefficient (Wildman–Crippen LogP) is 4.32. The second kappa shape index (κ2) is 18.8. The minimum absolute atomic E-state index is 0.0669. The third-order valence-corrected chi connectivity index (χ3v) is 15.8. The predicted molar refractivity (Wildman–Crippen MR) is 262 cm³/mol. The Morgan fingerprint density at radius 2 is 1.61 bits per heavy atom. The summed E-state index contributed by atoms with van der Waals surface area (Å²) in [4.78, 5) is 80.4. The van der Waals surface area contributed by atoms with E-state index in [9.17, 15) is 24.0 Å². The highest BCUT2D eigenvalue weighted by atomic mass is 19.3. The van der Waals surface area contributed by atoms with Crippen molar-refractivity contribution in [1.29, 1.82) is 0 Å². The van der Waals surface area contributed by atoms with Crippen molar-refractivity contribution in [2.45, 2.75) is 70.4 Å². The van der Waals surface area contributed by atoms with Gasteiger partial charge in [-0.05, 0) is 124 Å². The zero-order valence-electron chi connectivity index (χ0n) is 40.5. The monoisotopic (exact) mass is 985 g/mol. The lowest BCUT2D eigenvalue weighted by atomic mass is 9.88. The van der Waals surface area contributed by atoms with E-state index in [1.54, 1.807) is 27.9 Å². The molecule has 2 aromatic carbocycles. The Bertz CT molecular complexity index is 3000. The van der Waals surface area contributed by atoms with Crippen LogP contribution in [0, 0.1) is 11.8 Å². The van der Waals surface area contributed by atoms with Gasteiger partial charge in [0, 0.05) is 99.4 Å². The molecule has 0 aliphatic carbocycles. The van der Waals surface area contributed by atoms with E-state index in [1.165, 1.54) is 0 Å². The molecule has 2 unspecified atom stereocenters. The molecule has 0 saturated carbocycles. The number of halogens is 2. The number of alkyl halides is 2. The quantitative estimate of drug-likeness (QED) is 0.157. The summed E-state index contributed by atoms with van der Waals surface area (Å²) < 4.78 is 33.6. The summed E-state index contributed by atoms with van der Waals surface area (Å²) in [5, 5.41) is 25.8. The van der Waals surface area contributed by atoms with Crippen molar-refractivity contribution in [2.24, 2.45) is 11.8 Å². The van der Waals surface area contributed by atoms with Gasteiger partial charge in [0.25, 0.3) is 23.6 Å². The maximum absolute atomic E-state index is 16.0. The number of aromatic nitrogens is 7. The molecule has 2 atom stereocenters. The Hall–Kier alpha value is -7.20. The number of anilines is 4. The van der Waals surface area contributed by atoms with Gasteiger partial charge in [-0.2, -0.15) is 5.10 Å². The molecule has 22 heteroatoms. The fraction of sp³-hybridized carbons (Fsp3) is 0.480. The first-order valence-electron chi connectivity index (χ1n) is 24.9. The fourth-order valence-electron chi connectivity index (χ4n) is 11.5. The molecule has 0 spiro atoms. The number of carbonyl (C=O) groups excluding carboxylic acids is 5. The van der Waals surface area contributed by atoms with Gasteiger partial charge >= 0.3 is 0 Å². The number of piperazine rings is 1. The Labute approximate surface area is 413 Å². The first kappa shape index (κ1) is 47.1. The van der Waals surface area contributed by atoms with Gasteiger partial charge < -0.3 is 24.9 Å². The fourth-order valence-corrected chi connectivity index (χ4v) is 11.5. The van der Waals surface area contributed by atoms with Crippen LogP contribution in [0.3, 0.4) is 0 Å². The molecule has 0 bridgehead atoms. The number of aromatic amines is 1. The van der Waals surface area contributed by atoms with E-state index in [2.05, 4.69) is 56.0 Å². The molecule has 5 aromatic rings. The number of imide groups is 2. The van der Waals surface area contributed by atoms with Crippen molar-refractivity contribution in [3.8, 4) is 11.3 Å². The van der Waals surface area contributed by atoms with Crippen LogP contribution in [0.4, 0.5) is 31.9 Å². The summed E-state index contributed by atoms with van der Waals surface area (Å²) in [5.74, 6) is -4.09. The first-order valence-corrected chi connectivity index (χ1v) is 24.9. The van der Waals surface area contributed by atoms with Crippen molar-refractivity contribution in [1.82, 2.24) is 55.4 Å². The lowest BCUT2D eigenvalue weighted by Crippen LogP contribution is -2.54. The lowest BCUT2D eigenvalue weighted by molar-refractivity contribution is -0.136. The van der Waals surface area contributed by atoms with Crippen LogP contribution < -0.4 is 25.3 Å². The van der Waals surface area contributed by atoms with Crippen LogP contribution >= 0.6 is 0 Å². The number of amides is 5. The molecule has 0 radical (unpaired) electrons. The van der Waals surface area contributed by atoms with Crippen LogP contribution in [0.2, 0.25) is 0 Å². The Balaban J connectivity index is 0.639. The average molecular weight is 986 g/mol. The van der Waals surface area contributed by atoms with Gasteiger partial charge in [-0.3, -0.25) is 44.2 Å². The number of hydrogen-bond acceptors (Lipinski definition) is 15. The van der Waals surface area contributed by atoms with Crippen molar-refractivity contribution in [3.63, 3.8) is 0 Å². The highest BCUT2D eigenvalue weighted by Crippen LogP contribution is 2.38. The van der Waals surface area contributed by atoms with Gasteiger partial charge in [0.2, 0.25) is 17.8 Å². The number of nitrogens with zero attached hydrogens (tertiary/aromatic N) is 12. The van der Waals surface area contributed by atoms with Gasteiger partial charge in [0.15, 0.2) is 0 Å². The normalized spacial score (nSPS) is 22.0. The zero-order valence-corrected chi connectivity index (χ0v) is 40.5. The van der Waals surface area contributed by atoms with Crippen molar-refractivity contribution in [2.75, 3.05) is 92.5 Å². The second-order valence-corrected chi connectivity index (χ2v) is 20.1. The zero-order chi connectivity index (χ0) is 50.0. The number of H-pyrrole nitrogens is 1. The smallest absolute Gasteiger partial charge is 0.263 e. The van der Waals surface area contributed by atoms with Crippen molar-refractivity contribution >= 4 is 63.6 Å². The van der Waals surface area contributed by atoms with Crippen LogP contribution in [0.15, 0.2) is 66.0 Å². The standard InChI is InChI=1S/C50H57F2N15O5/c1-29-43(30(2)67-49(61(29)3)58-59-60-67)46(70)54-34-4-7-39-38(25-34)44(57-56-39)32-10-15-53-41(24-32)65-22-20-63(21-23-65)28-50(51,52)33-13-16-62(17-14-33)27-31-11-18-64(19-12-31)35-5-6-36-37(26-35)48(72)66(47(36)71)40-8-9-42(68)55-45(40)69/h4-7,10,15,24-26,30-31,33,40H,8-9,11-14,16-23,27-28H2,1-3H3,(H,54,70)(H,56,57)(H,55,68,69). The topological polar surface area (TPSA) is 214 Å². The molecule has 6 aliphatic heterocycles. The number of carbonyl (C=O) groups is 5. The van der Waals surface area contributed by atoms with E-state index < -0.39 is 41.5 Å². The Morgan fingerprint density at radius 1 is 0.847 bits per heavy atom. The van der Waals surface area contributed by atoms with Gasteiger partial charge in [-0.1, -0.05) is 5.10 Å². The number of fused-ring (bicyclic) bond motifs is 3. The largest absolute Gasteiger partial charge is 0.371 e. The number of benzene rings is 2. The molecule has 376 valence electrons. The molecule has 3 N–H and O–H groups in total. The van der Waals surface area contributed by atoms with E-state index in [-0.39, 0.29) is 42.5 Å². The van der Waals surface area contributed by atoms with E-state index in [4.69, 9.17) is 0 Å². The van der Waals surface area contributed by atoms with E-state index >= 15 is 8.78 Å². The summed E-state index contributed by atoms with van der Waals surface area (Å²) in [7, 11) is 1.82. The van der Waals surface area contributed by atoms with Gasteiger partial charge in [-0.25, -0.2) is 18.4 Å². The molecule has 9 heterocycles.